The molecule has 2 rings (SSSR count). The second-order valence-corrected chi connectivity index (χ2v) is 4.16. The van der Waals surface area contributed by atoms with E-state index in [1.807, 2.05) is 13.8 Å². The number of para-hydroxylation sites is 1. The average molecular weight is 222 g/mol. The second kappa shape index (κ2) is 4.12. The largest absolute Gasteiger partial charge is 0.372 e. The smallest absolute Gasteiger partial charge is 0.247 e. The van der Waals surface area contributed by atoms with Gasteiger partial charge >= 0.3 is 0 Å². The van der Waals surface area contributed by atoms with Gasteiger partial charge in [0.05, 0.1) is 5.69 Å². The fraction of sp³-hybridized carbons (Fsp3) is 0.417. The Hall–Kier alpha value is -1.58. The summed E-state index contributed by atoms with van der Waals surface area (Å²) < 4.78 is 13.4. The molecule has 86 valence electrons. The maximum atomic E-state index is 13.4. The molecule has 0 saturated heterocycles. The normalized spacial score (nSPS) is 20.7. The van der Waals surface area contributed by atoms with E-state index in [9.17, 15) is 9.18 Å². The molecular weight excluding hydrogens is 207 g/mol. The number of nitrogens with one attached hydrogen (secondary N) is 2. The highest BCUT2D eigenvalue weighted by Gasteiger charge is 2.30. The Morgan fingerprint density at radius 3 is 2.94 bits per heavy atom. The topological polar surface area (TPSA) is 41.1 Å². The molecule has 0 aromatic heterocycles. The first-order valence-corrected chi connectivity index (χ1v) is 5.49. The summed E-state index contributed by atoms with van der Waals surface area (Å²) in [6.07, 6.45) is 0.899. The molecule has 3 nitrogen and oxygen atoms in total. The fourth-order valence-electron chi connectivity index (χ4n) is 1.84. The van der Waals surface area contributed by atoms with E-state index in [4.69, 9.17) is 0 Å². The second-order valence-electron chi connectivity index (χ2n) is 4.16. The number of amides is 1. The van der Waals surface area contributed by atoms with Gasteiger partial charge in [0, 0.05) is 0 Å². The number of fused-ring (bicyclic) bond motifs is 1. The van der Waals surface area contributed by atoms with Crippen LogP contribution < -0.4 is 10.6 Å². The van der Waals surface area contributed by atoms with Crippen LogP contribution in [-0.4, -0.2) is 11.9 Å². The molecule has 0 aliphatic carbocycles. The quantitative estimate of drug-likeness (QED) is 0.807. The predicted octanol–water partition coefficient (Wildman–Crippen LogP) is 2.60. The number of hydrogen-bond donors (Lipinski definition) is 2. The predicted molar refractivity (Wildman–Crippen MR) is 61.9 cm³/mol. The highest BCUT2D eigenvalue weighted by atomic mass is 19.1. The molecule has 1 aliphatic rings. The lowest BCUT2D eigenvalue weighted by Crippen LogP contribution is -2.43. The maximum Gasteiger partial charge on any atom is 0.247 e. The minimum atomic E-state index is -0.402. The van der Waals surface area contributed by atoms with Crippen LogP contribution in [0.1, 0.15) is 20.3 Å². The van der Waals surface area contributed by atoms with Gasteiger partial charge in [-0.15, -0.1) is 0 Å². The Bertz CT molecular complexity index is 419. The van der Waals surface area contributed by atoms with Gasteiger partial charge in [-0.25, -0.2) is 4.39 Å². The van der Waals surface area contributed by atoms with Crippen LogP contribution in [0.4, 0.5) is 15.8 Å². The van der Waals surface area contributed by atoms with Crippen LogP contribution >= 0.6 is 0 Å². The number of rotatable bonds is 2. The van der Waals surface area contributed by atoms with Crippen molar-refractivity contribution in [1.82, 2.24) is 0 Å². The van der Waals surface area contributed by atoms with E-state index >= 15 is 0 Å². The zero-order valence-electron chi connectivity index (χ0n) is 9.38. The average Bonchev–Trinajstić information content (AvgIpc) is 2.29. The van der Waals surface area contributed by atoms with Crippen LogP contribution in [-0.2, 0) is 4.79 Å². The molecule has 0 fully saturated rings. The molecular formula is C12H15FN2O. The van der Waals surface area contributed by atoms with Crippen molar-refractivity contribution in [3.8, 4) is 0 Å². The van der Waals surface area contributed by atoms with Gasteiger partial charge in [0.25, 0.3) is 0 Å². The third kappa shape index (κ3) is 1.75. The lowest BCUT2D eigenvalue weighted by Gasteiger charge is -2.30. The van der Waals surface area contributed by atoms with Gasteiger partial charge in [-0.2, -0.15) is 0 Å². The Morgan fingerprint density at radius 1 is 1.50 bits per heavy atom. The Morgan fingerprint density at radius 2 is 2.25 bits per heavy atom. The Kier molecular flexibility index (Phi) is 2.81. The molecule has 1 amide bonds. The molecule has 0 radical (unpaired) electrons. The highest BCUT2D eigenvalue weighted by molar-refractivity contribution is 6.03. The summed E-state index contributed by atoms with van der Waals surface area (Å²) in [6, 6.07) is 4.46. The van der Waals surface area contributed by atoms with Crippen molar-refractivity contribution in [2.45, 2.75) is 26.3 Å². The summed E-state index contributed by atoms with van der Waals surface area (Å²) in [5, 5.41) is 5.70. The van der Waals surface area contributed by atoms with Gasteiger partial charge in [0.15, 0.2) is 0 Å². The molecule has 4 heteroatoms. The molecule has 1 aromatic rings. The van der Waals surface area contributed by atoms with Gasteiger partial charge in [-0.05, 0) is 18.1 Å². The van der Waals surface area contributed by atoms with Crippen LogP contribution in [0.2, 0.25) is 0 Å². The van der Waals surface area contributed by atoms with Crippen molar-refractivity contribution in [2.75, 3.05) is 10.6 Å². The van der Waals surface area contributed by atoms with E-state index in [0.29, 0.717) is 5.69 Å². The van der Waals surface area contributed by atoms with Crippen LogP contribution in [0, 0.1) is 11.7 Å². The summed E-state index contributed by atoms with van der Waals surface area (Å²) in [7, 11) is 0. The molecule has 1 aromatic carbocycles. The van der Waals surface area contributed by atoms with Crippen molar-refractivity contribution >= 4 is 17.3 Å². The van der Waals surface area contributed by atoms with Gasteiger partial charge in [-0.3, -0.25) is 4.79 Å². The van der Waals surface area contributed by atoms with Crippen molar-refractivity contribution in [3.05, 3.63) is 24.0 Å². The van der Waals surface area contributed by atoms with E-state index in [-0.39, 0.29) is 23.6 Å². The van der Waals surface area contributed by atoms with E-state index in [2.05, 4.69) is 10.6 Å². The SMILES string of the molecule is CC[C@H](C)C1Nc2cccc(F)c2NC1=O. The van der Waals surface area contributed by atoms with Crippen molar-refractivity contribution in [2.24, 2.45) is 5.92 Å². The van der Waals surface area contributed by atoms with Gasteiger partial charge in [-0.1, -0.05) is 26.3 Å². The Labute approximate surface area is 94.0 Å². The number of carbonyl (C=O) groups excluding carboxylic acids is 1. The van der Waals surface area contributed by atoms with Gasteiger partial charge < -0.3 is 10.6 Å². The lowest BCUT2D eigenvalue weighted by molar-refractivity contribution is -0.118. The van der Waals surface area contributed by atoms with E-state index in [1.54, 1.807) is 12.1 Å². The van der Waals surface area contributed by atoms with Crippen LogP contribution in [0.25, 0.3) is 0 Å². The van der Waals surface area contributed by atoms with Gasteiger partial charge in [0.2, 0.25) is 5.91 Å². The minimum Gasteiger partial charge on any atom is -0.372 e. The van der Waals surface area contributed by atoms with Crippen molar-refractivity contribution in [1.29, 1.82) is 0 Å². The van der Waals surface area contributed by atoms with Crippen LogP contribution in [0.15, 0.2) is 18.2 Å². The number of anilines is 2. The number of halogens is 1. The molecule has 2 atom stereocenters. The first kappa shape index (κ1) is 10.9. The van der Waals surface area contributed by atoms with Crippen LogP contribution in [0.3, 0.4) is 0 Å². The molecule has 0 spiro atoms. The standard InChI is InChI=1S/C12H15FN2O/c1-3-7(2)10-12(16)15-11-8(13)5-4-6-9(11)14-10/h4-7,10,14H,3H2,1-2H3,(H,15,16)/t7-,10?/m0/s1. The monoisotopic (exact) mass is 222 g/mol. The summed E-state index contributed by atoms with van der Waals surface area (Å²) in [5.41, 5.74) is 0.914. The summed E-state index contributed by atoms with van der Waals surface area (Å²) in [6.45, 7) is 4.03. The van der Waals surface area contributed by atoms with E-state index in [0.717, 1.165) is 6.42 Å². The fourth-order valence-corrected chi connectivity index (χ4v) is 1.84. The van der Waals surface area contributed by atoms with Crippen LogP contribution in [0.5, 0.6) is 0 Å². The third-order valence-electron chi connectivity index (χ3n) is 3.07. The maximum absolute atomic E-state index is 13.4. The highest BCUT2D eigenvalue weighted by Crippen LogP contribution is 2.31. The molecule has 1 unspecified atom stereocenters. The third-order valence-corrected chi connectivity index (χ3v) is 3.07. The Balaban J connectivity index is 2.32. The number of carbonyl (C=O) groups is 1. The number of benzene rings is 1. The lowest BCUT2D eigenvalue weighted by atomic mass is 9.96. The summed E-state index contributed by atoms with van der Waals surface area (Å²) >= 11 is 0. The zero-order valence-corrected chi connectivity index (χ0v) is 9.38. The molecule has 0 bridgehead atoms. The van der Waals surface area contributed by atoms with Gasteiger partial charge in [0.1, 0.15) is 17.5 Å². The first-order chi connectivity index (χ1) is 7.63. The molecule has 2 N–H and O–H groups in total. The first-order valence-electron chi connectivity index (χ1n) is 5.49. The zero-order chi connectivity index (χ0) is 11.7. The molecule has 16 heavy (non-hydrogen) atoms. The summed E-state index contributed by atoms with van der Waals surface area (Å²) in [4.78, 5) is 11.8. The van der Waals surface area contributed by atoms with Crippen molar-refractivity contribution in [3.63, 3.8) is 0 Å². The minimum absolute atomic E-state index is 0.160. The number of hydrogen-bond acceptors (Lipinski definition) is 2. The summed E-state index contributed by atoms with van der Waals surface area (Å²) in [5.74, 6) is -0.343. The van der Waals surface area contributed by atoms with Crippen molar-refractivity contribution < 1.29 is 9.18 Å². The van der Waals surface area contributed by atoms with E-state index in [1.165, 1.54) is 6.07 Å². The molecule has 1 aliphatic heterocycles. The van der Waals surface area contributed by atoms with E-state index < -0.39 is 5.82 Å². The molecule has 0 saturated carbocycles. The molecule has 1 heterocycles.